The predicted octanol–water partition coefficient (Wildman–Crippen LogP) is 1.69. The Kier molecular flexibility index (Phi) is 5.24. The molecule has 0 spiro atoms. The van der Waals surface area contributed by atoms with Crippen molar-refractivity contribution in [2.45, 2.75) is 33.5 Å². The fourth-order valence-corrected chi connectivity index (χ4v) is 2.46. The topological polar surface area (TPSA) is 93.2 Å². The number of hydrogen-bond acceptors (Lipinski definition) is 5. The lowest BCUT2D eigenvalue weighted by atomic mass is 10.1. The van der Waals surface area contributed by atoms with Crippen LogP contribution in [0.4, 0.5) is 5.69 Å². The van der Waals surface area contributed by atoms with Gasteiger partial charge in [0.05, 0.1) is 23.8 Å². The largest absolute Gasteiger partial charge is 0.394 e. The van der Waals surface area contributed by atoms with E-state index in [1.165, 1.54) is 6.07 Å². The summed E-state index contributed by atoms with van der Waals surface area (Å²) < 4.78 is 1.78. The molecule has 2 N–H and O–H groups in total. The van der Waals surface area contributed by atoms with Gasteiger partial charge in [-0.05, 0) is 13.8 Å². The van der Waals surface area contributed by atoms with Gasteiger partial charge in [-0.3, -0.25) is 14.8 Å². The van der Waals surface area contributed by atoms with E-state index < -0.39 is 0 Å². The van der Waals surface area contributed by atoms with Crippen LogP contribution in [0, 0.1) is 24.0 Å². The van der Waals surface area contributed by atoms with Crippen molar-refractivity contribution in [1.82, 2.24) is 15.1 Å². The molecule has 0 radical (unpaired) electrons. The highest BCUT2D eigenvalue weighted by Crippen LogP contribution is 2.18. The summed E-state index contributed by atoms with van der Waals surface area (Å²) in [6.07, 6.45) is 0. The fraction of sp³-hybridized carbons (Fsp3) is 0.400. The second-order valence-corrected chi connectivity index (χ2v) is 5.09. The van der Waals surface area contributed by atoms with Crippen LogP contribution in [0.5, 0.6) is 0 Å². The molecule has 0 aliphatic carbocycles. The Morgan fingerprint density at radius 2 is 2.05 bits per heavy atom. The number of aromatic nitrogens is 2. The Morgan fingerprint density at radius 1 is 1.32 bits per heavy atom. The Bertz CT molecular complexity index is 667. The normalized spacial score (nSPS) is 10.9. The Labute approximate surface area is 128 Å². The second kappa shape index (κ2) is 7.15. The minimum atomic E-state index is -0.368. The van der Waals surface area contributed by atoms with Gasteiger partial charge in [0.15, 0.2) is 0 Å². The molecule has 0 atom stereocenters. The van der Waals surface area contributed by atoms with Crippen LogP contribution in [0.2, 0.25) is 0 Å². The summed E-state index contributed by atoms with van der Waals surface area (Å²) >= 11 is 0. The minimum absolute atomic E-state index is 0.0467. The molecular formula is C15H20N4O3. The van der Waals surface area contributed by atoms with E-state index in [4.69, 9.17) is 5.11 Å². The third-order valence-electron chi connectivity index (χ3n) is 3.65. The number of rotatable bonds is 7. The van der Waals surface area contributed by atoms with Crippen LogP contribution in [0.15, 0.2) is 24.3 Å². The SMILES string of the molecule is Cc1nn(CCO)c(C)c1CNCc1ccccc1[N+](=O)[O-]. The molecule has 0 saturated heterocycles. The first-order valence-electron chi connectivity index (χ1n) is 7.11. The lowest BCUT2D eigenvalue weighted by molar-refractivity contribution is -0.385. The molecule has 0 aliphatic heterocycles. The maximum atomic E-state index is 11.0. The highest BCUT2D eigenvalue weighted by atomic mass is 16.6. The third kappa shape index (κ3) is 3.49. The molecule has 1 aromatic carbocycles. The molecule has 0 amide bonds. The van der Waals surface area contributed by atoms with E-state index in [-0.39, 0.29) is 17.2 Å². The standard InChI is InChI=1S/C15H20N4O3/c1-11-14(12(2)18(17-11)7-8-20)10-16-9-13-5-3-4-6-15(13)19(21)22/h3-6,16,20H,7-10H2,1-2H3. The van der Waals surface area contributed by atoms with Crippen LogP contribution in [-0.2, 0) is 19.6 Å². The van der Waals surface area contributed by atoms with Gasteiger partial charge in [-0.2, -0.15) is 5.10 Å². The zero-order chi connectivity index (χ0) is 16.1. The molecule has 2 rings (SSSR count). The maximum Gasteiger partial charge on any atom is 0.273 e. The number of aryl methyl sites for hydroxylation is 1. The maximum absolute atomic E-state index is 11.0. The van der Waals surface area contributed by atoms with E-state index in [0.717, 1.165) is 17.0 Å². The Hall–Kier alpha value is -2.25. The van der Waals surface area contributed by atoms with Gasteiger partial charge in [-0.25, -0.2) is 0 Å². The summed E-state index contributed by atoms with van der Waals surface area (Å²) in [5, 5.41) is 27.6. The van der Waals surface area contributed by atoms with Crippen LogP contribution < -0.4 is 5.32 Å². The molecule has 0 unspecified atom stereocenters. The Balaban J connectivity index is 2.04. The summed E-state index contributed by atoms with van der Waals surface area (Å²) in [6.45, 7) is 5.39. The molecule has 7 nitrogen and oxygen atoms in total. The van der Waals surface area contributed by atoms with Crippen molar-refractivity contribution in [3.63, 3.8) is 0 Å². The third-order valence-corrected chi connectivity index (χ3v) is 3.65. The van der Waals surface area contributed by atoms with E-state index in [1.807, 2.05) is 13.8 Å². The predicted molar refractivity (Wildman–Crippen MR) is 82.4 cm³/mol. The first kappa shape index (κ1) is 16.1. The molecule has 0 bridgehead atoms. The van der Waals surface area contributed by atoms with Crippen molar-refractivity contribution in [1.29, 1.82) is 0 Å². The van der Waals surface area contributed by atoms with Gasteiger partial charge < -0.3 is 10.4 Å². The van der Waals surface area contributed by atoms with Gasteiger partial charge in [0.1, 0.15) is 0 Å². The van der Waals surface area contributed by atoms with E-state index in [2.05, 4.69) is 10.4 Å². The first-order valence-corrected chi connectivity index (χ1v) is 7.11. The molecule has 0 saturated carbocycles. The highest BCUT2D eigenvalue weighted by molar-refractivity contribution is 5.39. The molecule has 1 aromatic heterocycles. The zero-order valence-electron chi connectivity index (χ0n) is 12.7. The average molecular weight is 304 g/mol. The van der Waals surface area contributed by atoms with Crippen LogP contribution in [0.3, 0.4) is 0 Å². The molecule has 2 aromatic rings. The number of nitrogens with zero attached hydrogens (tertiary/aromatic N) is 3. The number of benzene rings is 1. The monoisotopic (exact) mass is 304 g/mol. The van der Waals surface area contributed by atoms with Crippen LogP contribution in [0.1, 0.15) is 22.5 Å². The summed E-state index contributed by atoms with van der Waals surface area (Å²) in [6, 6.07) is 6.71. The van der Waals surface area contributed by atoms with Crippen LogP contribution in [-0.4, -0.2) is 26.4 Å². The van der Waals surface area contributed by atoms with Crippen LogP contribution in [0.25, 0.3) is 0 Å². The van der Waals surface area contributed by atoms with E-state index in [9.17, 15) is 10.1 Å². The van der Waals surface area contributed by atoms with Crippen molar-refractivity contribution in [2.24, 2.45) is 0 Å². The molecule has 1 heterocycles. The van der Waals surface area contributed by atoms with Crippen molar-refractivity contribution in [3.05, 3.63) is 56.9 Å². The number of nitro groups is 1. The van der Waals surface area contributed by atoms with Crippen molar-refractivity contribution >= 4 is 5.69 Å². The molecular weight excluding hydrogens is 284 g/mol. The van der Waals surface area contributed by atoms with Gasteiger partial charge in [0.2, 0.25) is 0 Å². The van der Waals surface area contributed by atoms with Crippen LogP contribution >= 0.6 is 0 Å². The first-order chi connectivity index (χ1) is 10.5. The van der Waals surface area contributed by atoms with Crippen molar-refractivity contribution in [2.75, 3.05) is 6.61 Å². The zero-order valence-corrected chi connectivity index (χ0v) is 12.7. The highest BCUT2D eigenvalue weighted by Gasteiger charge is 2.13. The summed E-state index contributed by atoms with van der Waals surface area (Å²) in [4.78, 5) is 10.6. The van der Waals surface area contributed by atoms with Gasteiger partial charge in [0.25, 0.3) is 5.69 Å². The number of aliphatic hydroxyl groups is 1. The van der Waals surface area contributed by atoms with Crippen molar-refractivity contribution < 1.29 is 10.0 Å². The summed E-state index contributed by atoms with van der Waals surface area (Å²) in [5.41, 5.74) is 3.75. The average Bonchev–Trinajstić information content (AvgIpc) is 2.75. The number of nitro benzene ring substituents is 1. The van der Waals surface area contributed by atoms with Gasteiger partial charge in [0, 0.05) is 36.0 Å². The Morgan fingerprint density at radius 3 is 2.73 bits per heavy atom. The van der Waals surface area contributed by atoms with Gasteiger partial charge in [-0.15, -0.1) is 0 Å². The second-order valence-electron chi connectivity index (χ2n) is 5.09. The lowest BCUT2D eigenvalue weighted by Crippen LogP contribution is -2.15. The molecule has 0 aliphatic rings. The number of hydrogen-bond donors (Lipinski definition) is 2. The smallest absolute Gasteiger partial charge is 0.273 e. The number of aliphatic hydroxyl groups excluding tert-OH is 1. The molecule has 7 heteroatoms. The summed E-state index contributed by atoms with van der Waals surface area (Å²) in [7, 11) is 0. The van der Waals surface area contributed by atoms with Gasteiger partial charge >= 0.3 is 0 Å². The van der Waals surface area contributed by atoms with E-state index in [0.29, 0.717) is 25.2 Å². The molecule has 118 valence electrons. The van der Waals surface area contributed by atoms with Gasteiger partial charge in [-0.1, -0.05) is 18.2 Å². The van der Waals surface area contributed by atoms with E-state index >= 15 is 0 Å². The quantitative estimate of drug-likeness (QED) is 0.600. The molecule has 22 heavy (non-hydrogen) atoms. The molecule has 0 fully saturated rings. The van der Waals surface area contributed by atoms with E-state index in [1.54, 1.807) is 22.9 Å². The number of para-hydroxylation sites is 1. The summed E-state index contributed by atoms with van der Waals surface area (Å²) in [5.74, 6) is 0. The number of nitrogens with one attached hydrogen (secondary N) is 1. The lowest BCUT2D eigenvalue weighted by Gasteiger charge is -2.07. The fourth-order valence-electron chi connectivity index (χ4n) is 2.46. The van der Waals surface area contributed by atoms with Crippen molar-refractivity contribution in [3.8, 4) is 0 Å². The minimum Gasteiger partial charge on any atom is -0.394 e.